The lowest BCUT2D eigenvalue weighted by atomic mass is 10.0. The number of nitrogens with one attached hydrogen (secondary N) is 2. The first-order chi connectivity index (χ1) is 10.6. The number of amides is 1. The molecule has 2 atom stereocenters. The molecule has 0 aliphatic heterocycles. The average Bonchev–Trinajstić information content (AvgIpc) is 2.54. The second-order valence-electron chi connectivity index (χ2n) is 5.74. The highest BCUT2D eigenvalue weighted by Gasteiger charge is 2.11. The van der Waals surface area contributed by atoms with E-state index in [1.165, 1.54) is 5.56 Å². The molecular weight excluding hydrogens is 272 g/mol. The van der Waals surface area contributed by atoms with Crippen molar-refractivity contribution in [1.82, 2.24) is 5.32 Å². The molecule has 3 heteroatoms. The lowest BCUT2D eigenvalue weighted by Gasteiger charge is -2.18. The summed E-state index contributed by atoms with van der Waals surface area (Å²) in [7, 11) is 0. The molecule has 0 fully saturated rings. The van der Waals surface area contributed by atoms with Crippen LogP contribution in [0.4, 0.5) is 5.69 Å². The fourth-order valence-electron chi connectivity index (χ4n) is 2.36. The molecule has 3 nitrogen and oxygen atoms in total. The molecule has 0 aromatic heterocycles. The van der Waals surface area contributed by atoms with Crippen molar-refractivity contribution in [1.29, 1.82) is 0 Å². The molecule has 0 saturated heterocycles. The van der Waals surface area contributed by atoms with Crippen LogP contribution in [0, 0.1) is 0 Å². The van der Waals surface area contributed by atoms with Crippen LogP contribution in [0.2, 0.25) is 0 Å². The Morgan fingerprint density at radius 2 is 1.55 bits per heavy atom. The Bertz CT molecular complexity index is 569. The van der Waals surface area contributed by atoms with Crippen molar-refractivity contribution in [2.24, 2.45) is 0 Å². The molecule has 0 radical (unpaired) electrons. The van der Waals surface area contributed by atoms with Crippen LogP contribution in [0.1, 0.15) is 31.7 Å². The Labute approximate surface area is 132 Å². The van der Waals surface area contributed by atoms with Gasteiger partial charge in [0.15, 0.2) is 0 Å². The molecule has 0 bridgehead atoms. The van der Waals surface area contributed by atoms with E-state index in [0.717, 1.165) is 12.2 Å². The molecule has 2 aromatic rings. The standard InChI is InChI=1S/C19H24N2O/c1-15(17-9-5-3-6-10-17)14-20-16(2)13-19(22)21-18-11-7-4-8-12-18/h3-12,15-16,20H,13-14H2,1-2H3,(H,21,22)/t15-,16+/m1/s1. The van der Waals surface area contributed by atoms with Gasteiger partial charge in [0.05, 0.1) is 0 Å². The minimum absolute atomic E-state index is 0.0403. The second kappa shape index (κ2) is 8.35. The van der Waals surface area contributed by atoms with Gasteiger partial charge >= 0.3 is 0 Å². The third-order valence-electron chi connectivity index (χ3n) is 3.69. The summed E-state index contributed by atoms with van der Waals surface area (Å²) in [6, 6.07) is 20.1. The van der Waals surface area contributed by atoms with Gasteiger partial charge in [-0.2, -0.15) is 0 Å². The first kappa shape index (κ1) is 16.2. The van der Waals surface area contributed by atoms with E-state index >= 15 is 0 Å². The molecule has 2 aromatic carbocycles. The summed E-state index contributed by atoms with van der Waals surface area (Å²) in [5.74, 6) is 0.472. The van der Waals surface area contributed by atoms with Gasteiger partial charge in [-0.05, 0) is 30.5 Å². The van der Waals surface area contributed by atoms with Crippen LogP contribution in [0.25, 0.3) is 0 Å². The van der Waals surface area contributed by atoms with Gasteiger partial charge in [0.25, 0.3) is 0 Å². The minimum atomic E-state index is 0.0403. The van der Waals surface area contributed by atoms with Crippen LogP contribution in [-0.4, -0.2) is 18.5 Å². The van der Waals surface area contributed by atoms with E-state index in [2.05, 4.69) is 41.8 Å². The van der Waals surface area contributed by atoms with Gasteiger partial charge in [0.2, 0.25) is 5.91 Å². The first-order valence-corrected chi connectivity index (χ1v) is 7.78. The number of carbonyl (C=O) groups excluding carboxylic acids is 1. The summed E-state index contributed by atoms with van der Waals surface area (Å²) in [4.78, 5) is 12.0. The summed E-state index contributed by atoms with van der Waals surface area (Å²) in [6.07, 6.45) is 0.469. The molecule has 1 amide bonds. The fraction of sp³-hybridized carbons (Fsp3) is 0.316. The summed E-state index contributed by atoms with van der Waals surface area (Å²) >= 11 is 0. The molecule has 0 spiro atoms. The van der Waals surface area contributed by atoms with E-state index in [1.54, 1.807) is 0 Å². The number of para-hydroxylation sites is 1. The fourth-order valence-corrected chi connectivity index (χ4v) is 2.36. The molecule has 22 heavy (non-hydrogen) atoms. The highest BCUT2D eigenvalue weighted by atomic mass is 16.1. The zero-order valence-corrected chi connectivity index (χ0v) is 13.3. The molecule has 2 rings (SSSR count). The molecule has 2 N–H and O–H groups in total. The Morgan fingerprint density at radius 3 is 2.18 bits per heavy atom. The van der Waals surface area contributed by atoms with Crippen molar-refractivity contribution < 1.29 is 4.79 Å². The van der Waals surface area contributed by atoms with Crippen LogP contribution in [0.15, 0.2) is 60.7 Å². The average molecular weight is 296 g/mol. The quantitative estimate of drug-likeness (QED) is 0.816. The van der Waals surface area contributed by atoms with Crippen LogP contribution < -0.4 is 10.6 Å². The molecule has 0 unspecified atom stereocenters. The van der Waals surface area contributed by atoms with Crippen molar-refractivity contribution in [2.75, 3.05) is 11.9 Å². The highest BCUT2D eigenvalue weighted by molar-refractivity contribution is 5.90. The topological polar surface area (TPSA) is 41.1 Å². The van der Waals surface area contributed by atoms with Crippen LogP contribution in [0.3, 0.4) is 0 Å². The normalized spacial score (nSPS) is 13.4. The first-order valence-electron chi connectivity index (χ1n) is 7.78. The number of hydrogen-bond donors (Lipinski definition) is 2. The third kappa shape index (κ3) is 5.34. The molecule has 0 aliphatic rings. The van der Waals surface area contributed by atoms with Gasteiger partial charge in [-0.3, -0.25) is 4.79 Å². The monoisotopic (exact) mass is 296 g/mol. The largest absolute Gasteiger partial charge is 0.326 e. The zero-order valence-electron chi connectivity index (χ0n) is 13.3. The summed E-state index contributed by atoms with van der Waals surface area (Å²) in [5, 5.41) is 6.35. The van der Waals surface area contributed by atoms with Gasteiger partial charge in [-0.15, -0.1) is 0 Å². The predicted octanol–water partition coefficient (Wildman–Crippen LogP) is 3.80. The number of anilines is 1. The van der Waals surface area contributed by atoms with E-state index in [4.69, 9.17) is 0 Å². The van der Waals surface area contributed by atoms with E-state index in [1.807, 2.05) is 43.3 Å². The van der Waals surface area contributed by atoms with Gasteiger partial charge < -0.3 is 10.6 Å². The molecule has 116 valence electrons. The number of rotatable bonds is 7. The van der Waals surface area contributed by atoms with E-state index in [0.29, 0.717) is 12.3 Å². The van der Waals surface area contributed by atoms with Crippen molar-refractivity contribution >= 4 is 11.6 Å². The smallest absolute Gasteiger partial charge is 0.225 e. The van der Waals surface area contributed by atoms with E-state index in [9.17, 15) is 4.79 Å². The zero-order chi connectivity index (χ0) is 15.8. The third-order valence-corrected chi connectivity index (χ3v) is 3.69. The van der Waals surface area contributed by atoms with Crippen molar-refractivity contribution in [2.45, 2.75) is 32.2 Å². The van der Waals surface area contributed by atoms with Crippen molar-refractivity contribution in [3.63, 3.8) is 0 Å². The Kier molecular flexibility index (Phi) is 6.16. The summed E-state index contributed by atoms with van der Waals surface area (Å²) < 4.78 is 0. The lowest BCUT2D eigenvalue weighted by molar-refractivity contribution is -0.116. The van der Waals surface area contributed by atoms with Crippen LogP contribution >= 0.6 is 0 Å². The predicted molar refractivity (Wildman–Crippen MR) is 92.0 cm³/mol. The minimum Gasteiger partial charge on any atom is -0.326 e. The van der Waals surface area contributed by atoms with Gasteiger partial charge in [0, 0.05) is 24.7 Å². The highest BCUT2D eigenvalue weighted by Crippen LogP contribution is 2.13. The second-order valence-corrected chi connectivity index (χ2v) is 5.74. The van der Waals surface area contributed by atoms with Gasteiger partial charge in [0.1, 0.15) is 0 Å². The molecule has 0 heterocycles. The van der Waals surface area contributed by atoms with Gasteiger partial charge in [-0.25, -0.2) is 0 Å². The maximum Gasteiger partial charge on any atom is 0.225 e. The van der Waals surface area contributed by atoms with Crippen LogP contribution in [-0.2, 0) is 4.79 Å². The maximum absolute atomic E-state index is 12.0. The Balaban J connectivity index is 1.73. The molecule has 0 aliphatic carbocycles. The van der Waals surface area contributed by atoms with Gasteiger partial charge in [-0.1, -0.05) is 55.5 Å². The molecular formula is C19H24N2O. The number of carbonyl (C=O) groups is 1. The van der Waals surface area contributed by atoms with E-state index in [-0.39, 0.29) is 11.9 Å². The maximum atomic E-state index is 12.0. The van der Waals surface area contributed by atoms with Crippen LogP contribution in [0.5, 0.6) is 0 Å². The lowest BCUT2D eigenvalue weighted by Crippen LogP contribution is -2.33. The summed E-state index contributed by atoms with van der Waals surface area (Å²) in [5.41, 5.74) is 2.16. The number of hydrogen-bond acceptors (Lipinski definition) is 2. The Hall–Kier alpha value is -2.13. The SMILES string of the molecule is C[C@H](CN[C@@H](C)CC(=O)Nc1ccccc1)c1ccccc1. The summed E-state index contributed by atoms with van der Waals surface area (Å²) in [6.45, 7) is 5.10. The van der Waals surface area contributed by atoms with Crippen molar-refractivity contribution in [3.05, 3.63) is 66.2 Å². The molecule has 0 saturated carbocycles. The van der Waals surface area contributed by atoms with E-state index < -0.39 is 0 Å². The van der Waals surface area contributed by atoms with Crippen molar-refractivity contribution in [3.8, 4) is 0 Å². The number of benzene rings is 2. The Morgan fingerprint density at radius 1 is 0.955 bits per heavy atom.